The predicted octanol–water partition coefficient (Wildman–Crippen LogP) is 1.79. The Morgan fingerprint density at radius 1 is 1.40 bits per heavy atom. The fraction of sp³-hybridized carbons (Fsp3) is 0.786. The highest BCUT2D eigenvalue weighted by molar-refractivity contribution is 5.74. The molecular weight excluding hydrogens is 254 g/mol. The summed E-state index contributed by atoms with van der Waals surface area (Å²) in [5.41, 5.74) is 0. The van der Waals surface area contributed by atoms with Gasteiger partial charge >= 0.3 is 6.03 Å². The number of aromatic nitrogens is 3. The second-order valence-electron chi connectivity index (χ2n) is 5.92. The Morgan fingerprint density at radius 2 is 2.25 bits per heavy atom. The van der Waals surface area contributed by atoms with E-state index in [2.05, 4.69) is 34.8 Å². The molecule has 6 nitrogen and oxygen atoms in total. The molecule has 1 saturated carbocycles. The monoisotopic (exact) mass is 279 g/mol. The zero-order valence-corrected chi connectivity index (χ0v) is 12.4. The fourth-order valence-corrected chi connectivity index (χ4v) is 2.89. The lowest BCUT2D eigenvalue weighted by atomic mass is 9.80. The van der Waals surface area contributed by atoms with Gasteiger partial charge in [0, 0.05) is 25.3 Å². The molecular formula is C14H25N5O. The Kier molecular flexibility index (Phi) is 5.38. The van der Waals surface area contributed by atoms with Gasteiger partial charge in [-0.15, -0.1) is 5.10 Å². The highest BCUT2D eigenvalue weighted by atomic mass is 16.2. The Morgan fingerprint density at radius 3 is 2.95 bits per heavy atom. The van der Waals surface area contributed by atoms with E-state index in [0.717, 1.165) is 25.3 Å². The van der Waals surface area contributed by atoms with E-state index in [4.69, 9.17) is 0 Å². The summed E-state index contributed by atoms with van der Waals surface area (Å²) in [5.74, 6) is 1.36. The molecule has 20 heavy (non-hydrogen) atoms. The topological polar surface area (TPSA) is 71.8 Å². The maximum atomic E-state index is 11.8. The van der Waals surface area contributed by atoms with E-state index < -0.39 is 0 Å². The van der Waals surface area contributed by atoms with Gasteiger partial charge in [0.15, 0.2) is 0 Å². The number of carbonyl (C=O) groups excluding carboxylic acids is 1. The quantitative estimate of drug-likeness (QED) is 0.807. The summed E-state index contributed by atoms with van der Waals surface area (Å²) in [6, 6.07) is 0.275. The minimum Gasteiger partial charge on any atom is -0.338 e. The lowest BCUT2D eigenvalue weighted by molar-refractivity contribution is 0.206. The highest BCUT2D eigenvalue weighted by Gasteiger charge is 2.26. The van der Waals surface area contributed by atoms with Crippen molar-refractivity contribution in [2.24, 2.45) is 11.8 Å². The summed E-state index contributed by atoms with van der Waals surface area (Å²) in [6.45, 7) is 5.95. The summed E-state index contributed by atoms with van der Waals surface area (Å²) < 4.78 is 1.77. The third-order valence-electron chi connectivity index (χ3n) is 4.07. The molecule has 6 heteroatoms. The Hall–Kier alpha value is -1.59. The number of nitrogens with zero attached hydrogens (tertiary/aromatic N) is 3. The maximum Gasteiger partial charge on any atom is 0.315 e. The SMILES string of the molecule is CC1CCC(NC(=O)NCCCn2ccnn2)C(C)C1. The summed E-state index contributed by atoms with van der Waals surface area (Å²) in [4.78, 5) is 11.8. The lowest BCUT2D eigenvalue weighted by Crippen LogP contribution is -2.47. The van der Waals surface area contributed by atoms with Crippen LogP contribution in [-0.2, 0) is 6.54 Å². The molecule has 2 rings (SSSR count). The minimum absolute atomic E-state index is 0.0463. The molecule has 2 N–H and O–H groups in total. The zero-order chi connectivity index (χ0) is 14.4. The van der Waals surface area contributed by atoms with Crippen LogP contribution in [0.15, 0.2) is 12.4 Å². The largest absolute Gasteiger partial charge is 0.338 e. The van der Waals surface area contributed by atoms with Gasteiger partial charge in [0.25, 0.3) is 0 Å². The molecule has 0 aromatic carbocycles. The number of hydrogen-bond donors (Lipinski definition) is 2. The number of hydrogen-bond acceptors (Lipinski definition) is 3. The number of amides is 2. The standard InChI is InChI=1S/C14H25N5O/c1-11-4-5-13(12(2)10-11)17-14(20)15-6-3-8-19-9-7-16-18-19/h7,9,11-13H,3-6,8,10H2,1-2H3,(H2,15,17,20). The molecule has 0 saturated heterocycles. The molecule has 0 aliphatic heterocycles. The third kappa shape index (κ3) is 4.51. The van der Waals surface area contributed by atoms with Gasteiger partial charge in [-0.3, -0.25) is 4.68 Å². The molecule has 1 aliphatic carbocycles. The van der Waals surface area contributed by atoms with Crippen LogP contribution in [0, 0.1) is 11.8 Å². The average Bonchev–Trinajstić information content (AvgIpc) is 2.91. The first-order valence-corrected chi connectivity index (χ1v) is 7.53. The van der Waals surface area contributed by atoms with Crippen molar-refractivity contribution in [1.82, 2.24) is 25.6 Å². The van der Waals surface area contributed by atoms with Crippen LogP contribution in [0.1, 0.15) is 39.5 Å². The second-order valence-corrected chi connectivity index (χ2v) is 5.92. The Labute approximate surface area is 120 Å². The van der Waals surface area contributed by atoms with Crippen LogP contribution in [0.4, 0.5) is 4.79 Å². The van der Waals surface area contributed by atoms with Gasteiger partial charge in [-0.05, 0) is 37.5 Å². The molecule has 112 valence electrons. The Bertz CT molecular complexity index is 406. The van der Waals surface area contributed by atoms with Gasteiger partial charge in [-0.25, -0.2) is 4.79 Å². The van der Waals surface area contributed by atoms with Crippen molar-refractivity contribution in [1.29, 1.82) is 0 Å². The maximum absolute atomic E-state index is 11.8. The first-order valence-electron chi connectivity index (χ1n) is 7.53. The molecule has 0 spiro atoms. The van der Waals surface area contributed by atoms with Crippen LogP contribution >= 0.6 is 0 Å². The summed E-state index contributed by atoms with van der Waals surface area (Å²) in [5, 5.41) is 13.6. The molecule has 0 radical (unpaired) electrons. The van der Waals surface area contributed by atoms with E-state index in [0.29, 0.717) is 18.5 Å². The molecule has 3 atom stereocenters. The smallest absolute Gasteiger partial charge is 0.315 e. The molecule has 1 aromatic heterocycles. The number of nitrogens with one attached hydrogen (secondary N) is 2. The van der Waals surface area contributed by atoms with Crippen LogP contribution in [0.3, 0.4) is 0 Å². The van der Waals surface area contributed by atoms with Crippen molar-refractivity contribution in [2.45, 2.75) is 52.1 Å². The van der Waals surface area contributed by atoms with Crippen LogP contribution in [0.5, 0.6) is 0 Å². The van der Waals surface area contributed by atoms with Crippen molar-refractivity contribution in [2.75, 3.05) is 6.54 Å². The number of aryl methyl sites for hydroxylation is 1. The van der Waals surface area contributed by atoms with Gasteiger partial charge in [-0.1, -0.05) is 19.1 Å². The average molecular weight is 279 g/mol. The lowest BCUT2D eigenvalue weighted by Gasteiger charge is -2.33. The van der Waals surface area contributed by atoms with Gasteiger partial charge < -0.3 is 10.6 Å². The number of carbonyl (C=O) groups is 1. The van der Waals surface area contributed by atoms with Crippen LogP contribution < -0.4 is 10.6 Å². The van der Waals surface area contributed by atoms with Gasteiger partial charge in [-0.2, -0.15) is 0 Å². The zero-order valence-electron chi connectivity index (χ0n) is 12.4. The second kappa shape index (κ2) is 7.26. The van der Waals surface area contributed by atoms with E-state index in [-0.39, 0.29) is 6.03 Å². The van der Waals surface area contributed by atoms with Gasteiger partial charge in [0.2, 0.25) is 0 Å². The van der Waals surface area contributed by atoms with E-state index in [1.54, 1.807) is 10.9 Å². The fourth-order valence-electron chi connectivity index (χ4n) is 2.89. The molecule has 2 amide bonds. The van der Waals surface area contributed by atoms with Crippen LogP contribution in [-0.4, -0.2) is 33.6 Å². The van der Waals surface area contributed by atoms with Crippen molar-refractivity contribution < 1.29 is 4.79 Å². The molecule has 1 fully saturated rings. The van der Waals surface area contributed by atoms with Crippen LogP contribution in [0.2, 0.25) is 0 Å². The summed E-state index contributed by atoms with van der Waals surface area (Å²) >= 11 is 0. The minimum atomic E-state index is -0.0463. The first kappa shape index (κ1) is 14.8. The van der Waals surface area contributed by atoms with E-state index >= 15 is 0 Å². The van der Waals surface area contributed by atoms with Crippen molar-refractivity contribution in [3.8, 4) is 0 Å². The third-order valence-corrected chi connectivity index (χ3v) is 4.07. The summed E-state index contributed by atoms with van der Waals surface area (Å²) in [6.07, 6.45) is 7.85. The normalized spacial score (nSPS) is 26.2. The highest BCUT2D eigenvalue weighted by Crippen LogP contribution is 2.28. The molecule has 3 unspecified atom stereocenters. The van der Waals surface area contributed by atoms with E-state index in [1.807, 2.05) is 6.20 Å². The van der Waals surface area contributed by atoms with E-state index in [9.17, 15) is 4.79 Å². The summed E-state index contributed by atoms with van der Waals surface area (Å²) in [7, 11) is 0. The number of rotatable bonds is 5. The van der Waals surface area contributed by atoms with Gasteiger partial charge in [0.1, 0.15) is 0 Å². The molecule has 0 bridgehead atoms. The molecule has 1 heterocycles. The molecule has 1 aliphatic rings. The van der Waals surface area contributed by atoms with Crippen LogP contribution in [0.25, 0.3) is 0 Å². The predicted molar refractivity (Wildman–Crippen MR) is 77.1 cm³/mol. The molecule has 1 aromatic rings. The Balaban J connectivity index is 1.60. The van der Waals surface area contributed by atoms with Crippen molar-refractivity contribution >= 4 is 6.03 Å². The van der Waals surface area contributed by atoms with Gasteiger partial charge in [0.05, 0.1) is 6.20 Å². The first-order chi connectivity index (χ1) is 9.65. The van der Waals surface area contributed by atoms with E-state index in [1.165, 1.54) is 12.8 Å². The van der Waals surface area contributed by atoms with Crippen molar-refractivity contribution in [3.63, 3.8) is 0 Å². The van der Waals surface area contributed by atoms with Crippen molar-refractivity contribution in [3.05, 3.63) is 12.4 Å². The number of urea groups is 1.